The van der Waals surface area contributed by atoms with E-state index >= 15 is 0 Å². The van der Waals surface area contributed by atoms with Gasteiger partial charge in [0.05, 0.1) is 4.88 Å². The number of thiophene rings is 1. The Hall–Kier alpha value is -0.920. The predicted octanol–water partition coefficient (Wildman–Crippen LogP) is 2.96. The molecular weight excluding hydrogens is 306 g/mol. The molecule has 2 heterocycles. The summed E-state index contributed by atoms with van der Waals surface area (Å²) in [7, 11) is 1.51. The molecule has 0 bridgehead atoms. The van der Waals surface area contributed by atoms with Crippen molar-refractivity contribution in [3.63, 3.8) is 0 Å². The highest BCUT2D eigenvalue weighted by atomic mass is 35.7. The normalized spacial score (nSPS) is 12.0. The summed E-state index contributed by atoms with van der Waals surface area (Å²) in [6, 6.07) is 1.99. The van der Waals surface area contributed by atoms with Gasteiger partial charge in [-0.15, -0.1) is 21.5 Å². The van der Waals surface area contributed by atoms with E-state index < -0.39 is 9.05 Å². The van der Waals surface area contributed by atoms with Crippen LogP contribution < -0.4 is 0 Å². The summed E-state index contributed by atoms with van der Waals surface area (Å²) in [6.45, 7) is 6.50. The fraction of sp³-hybridized carbons (Fsp3) is 0.455. The van der Waals surface area contributed by atoms with Gasteiger partial charge in [-0.2, -0.15) is 0 Å². The molecule has 0 aromatic carbocycles. The Morgan fingerprint density at radius 3 is 2.53 bits per heavy atom. The molecule has 0 unspecified atom stereocenters. The Labute approximate surface area is 120 Å². The van der Waals surface area contributed by atoms with Crippen molar-refractivity contribution in [2.45, 2.75) is 38.9 Å². The van der Waals surface area contributed by atoms with E-state index in [0.717, 1.165) is 16.9 Å². The maximum absolute atomic E-state index is 11.5. The molecule has 2 aromatic heterocycles. The monoisotopic (exact) mass is 319 g/mol. The first-order valence-corrected chi connectivity index (χ1v) is 8.92. The zero-order valence-electron chi connectivity index (χ0n) is 10.8. The Morgan fingerprint density at radius 1 is 1.37 bits per heavy atom. The molecule has 0 radical (unpaired) electrons. The highest BCUT2D eigenvalue weighted by Crippen LogP contribution is 2.31. The van der Waals surface area contributed by atoms with Crippen molar-refractivity contribution in [2.75, 3.05) is 0 Å². The van der Waals surface area contributed by atoms with Crippen molar-refractivity contribution >= 4 is 31.1 Å². The lowest BCUT2D eigenvalue weighted by atomic mass is 10.3. The van der Waals surface area contributed by atoms with Gasteiger partial charge in [-0.3, -0.25) is 4.57 Å². The summed E-state index contributed by atoms with van der Waals surface area (Å²) in [5.74, 6) is 0.558. The van der Waals surface area contributed by atoms with Gasteiger partial charge in [-0.05, 0) is 31.9 Å². The van der Waals surface area contributed by atoms with Crippen LogP contribution in [-0.2, 0) is 15.6 Å². The van der Waals surface area contributed by atoms with Crippen molar-refractivity contribution in [2.24, 2.45) is 0 Å². The number of aromatic nitrogens is 3. The van der Waals surface area contributed by atoms with Gasteiger partial charge in [-0.25, -0.2) is 8.42 Å². The quantitative estimate of drug-likeness (QED) is 0.813. The zero-order chi connectivity index (χ0) is 14.2. The minimum Gasteiger partial charge on any atom is -0.296 e. The van der Waals surface area contributed by atoms with E-state index in [1.165, 1.54) is 4.88 Å². The zero-order valence-corrected chi connectivity index (χ0v) is 13.2. The highest BCUT2D eigenvalue weighted by molar-refractivity contribution is 8.13. The van der Waals surface area contributed by atoms with Crippen LogP contribution in [0.5, 0.6) is 0 Å². The van der Waals surface area contributed by atoms with Crippen LogP contribution in [0.4, 0.5) is 0 Å². The van der Waals surface area contributed by atoms with Crippen LogP contribution in [0, 0.1) is 13.8 Å². The summed E-state index contributed by atoms with van der Waals surface area (Å²) in [6.07, 6.45) is 0.772. The van der Waals surface area contributed by atoms with E-state index in [1.54, 1.807) is 15.9 Å². The topological polar surface area (TPSA) is 64.8 Å². The summed E-state index contributed by atoms with van der Waals surface area (Å²) in [5.41, 5.74) is 1.15. The number of rotatable bonds is 4. The second-order valence-corrected chi connectivity index (χ2v) is 7.96. The molecule has 0 spiro atoms. The molecule has 0 saturated heterocycles. The second kappa shape index (κ2) is 5.22. The molecule has 19 heavy (non-hydrogen) atoms. The van der Waals surface area contributed by atoms with Crippen molar-refractivity contribution < 1.29 is 8.42 Å². The average Bonchev–Trinajstić information content (AvgIpc) is 2.84. The lowest BCUT2D eigenvalue weighted by Gasteiger charge is -2.05. The Kier molecular flexibility index (Phi) is 3.98. The summed E-state index contributed by atoms with van der Waals surface area (Å²) < 4.78 is 24.5. The van der Waals surface area contributed by atoms with Crippen molar-refractivity contribution in [3.05, 3.63) is 16.5 Å². The lowest BCUT2D eigenvalue weighted by Crippen LogP contribution is -2.07. The second-order valence-electron chi connectivity index (χ2n) is 4.25. The first kappa shape index (κ1) is 14.5. The SMILES string of the molecule is CCCn1c(-c2cc(C)c(C)s2)nnc1S(=O)(=O)Cl. The molecule has 0 fully saturated rings. The Balaban J connectivity index is 2.61. The molecule has 0 aliphatic carbocycles. The van der Waals surface area contributed by atoms with Gasteiger partial charge in [-0.1, -0.05) is 6.92 Å². The lowest BCUT2D eigenvalue weighted by molar-refractivity contribution is 0.570. The highest BCUT2D eigenvalue weighted by Gasteiger charge is 2.23. The van der Waals surface area contributed by atoms with Gasteiger partial charge in [0.15, 0.2) is 5.82 Å². The van der Waals surface area contributed by atoms with Gasteiger partial charge in [0.2, 0.25) is 0 Å². The van der Waals surface area contributed by atoms with Crippen LogP contribution in [0.1, 0.15) is 23.8 Å². The molecule has 8 heteroatoms. The minimum atomic E-state index is -3.88. The fourth-order valence-electron chi connectivity index (χ4n) is 1.76. The molecule has 2 rings (SSSR count). The first-order chi connectivity index (χ1) is 8.84. The molecule has 2 aromatic rings. The number of aryl methyl sites for hydroxylation is 2. The minimum absolute atomic E-state index is 0.185. The maximum Gasteiger partial charge on any atom is 0.296 e. The van der Waals surface area contributed by atoms with Crippen LogP contribution in [0.3, 0.4) is 0 Å². The third-order valence-corrected chi connectivity index (χ3v) is 5.07. The van der Waals surface area contributed by atoms with Crippen LogP contribution >= 0.6 is 22.0 Å². The number of nitrogens with zero attached hydrogens (tertiary/aromatic N) is 3. The van der Waals surface area contributed by atoms with E-state index in [0.29, 0.717) is 12.4 Å². The molecule has 5 nitrogen and oxygen atoms in total. The first-order valence-electron chi connectivity index (χ1n) is 5.80. The fourth-order valence-corrected chi connectivity index (χ4v) is 3.71. The molecule has 0 N–H and O–H groups in total. The van der Waals surface area contributed by atoms with Crippen LogP contribution in [0.25, 0.3) is 10.7 Å². The molecule has 104 valence electrons. The van der Waals surface area contributed by atoms with E-state index in [-0.39, 0.29) is 5.16 Å². The summed E-state index contributed by atoms with van der Waals surface area (Å²) in [5, 5.41) is 7.52. The number of hydrogen-bond acceptors (Lipinski definition) is 5. The van der Waals surface area contributed by atoms with E-state index in [2.05, 4.69) is 10.2 Å². The van der Waals surface area contributed by atoms with Gasteiger partial charge in [0, 0.05) is 22.1 Å². The standard InChI is InChI=1S/C11H14ClN3O2S2/c1-4-5-15-10(9-6-7(2)8(3)18-9)13-14-11(15)19(12,16)17/h6H,4-5H2,1-3H3. The van der Waals surface area contributed by atoms with Crippen LogP contribution in [-0.4, -0.2) is 23.2 Å². The maximum atomic E-state index is 11.5. The molecule has 0 amide bonds. The van der Waals surface area contributed by atoms with Crippen LogP contribution in [0.15, 0.2) is 11.2 Å². The van der Waals surface area contributed by atoms with Gasteiger partial charge >= 0.3 is 0 Å². The Bertz CT molecular complexity index is 684. The Morgan fingerprint density at radius 2 is 2.05 bits per heavy atom. The van der Waals surface area contributed by atoms with E-state index in [9.17, 15) is 8.42 Å². The van der Waals surface area contributed by atoms with Gasteiger partial charge in [0.1, 0.15) is 0 Å². The smallest absolute Gasteiger partial charge is 0.296 e. The molecular formula is C11H14ClN3O2S2. The predicted molar refractivity (Wildman–Crippen MR) is 76.1 cm³/mol. The third kappa shape index (κ3) is 2.82. The van der Waals surface area contributed by atoms with Crippen LogP contribution in [0.2, 0.25) is 0 Å². The number of halogens is 1. The molecule has 0 aliphatic rings. The molecule has 0 saturated carbocycles. The van der Waals surface area contributed by atoms with Gasteiger partial charge < -0.3 is 0 Å². The summed E-state index contributed by atoms with van der Waals surface area (Å²) >= 11 is 1.57. The third-order valence-electron chi connectivity index (χ3n) is 2.77. The van der Waals surface area contributed by atoms with Crippen molar-refractivity contribution in [1.29, 1.82) is 0 Å². The largest absolute Gasteiger partial charge is 0.296 e. The number of hydrogen-bond donors (Lipinski definition) is 0. The average molecular weight is 320 g/mol. The molecule has 0 atom stereocenters. The summed E-state index contributed by atoms with van der Waals surface area (Å²) in [4.78, 5) is 2.08. The van der Waals surface area contributed by atoms with E-state index in [4.69, 9.17) is 10.7 Å². The molecule has 0 aliphatic heterocycles. The van der Waals surface area contributed by atoms with Crippen molar-refractivity contribution in [3.8, 4) is 10.7 Å². The van der Waals surface area contributed by atoms with Gasteiger partial charge in [0.25, 0.3) is 14.2 Å². The van der Waals surface area contributed by atoms with E-state index in [1.807, 2.05) is 26.8 Å². The van der Waals surface area contributed by atoms with Crippen molar-refractivity contribution in [1.82, 2.24) is 14.8 Å².